The molecular formula is C16H19NO. The van der Waals surface area contributed by atoms with E-state index >= 15 is 0 Å². The zero-order valence-electron chi connectivity index (χ0n) is 11.2. The van der Waals surface area contributed by atoms with E-state index in [1.807, 2.05) is 69.4 Å². The summed E-state index contributed by atoms with van der Waals surface area (Å²) in [5.41, 5.74) is 1.70. The monoisotopic (exact) mass is 241 g/mol. The van der Waals surface area contributed by atoms with E-state index in [9.17, 15) is 4.79 Å². The molecule has 0 radical (unpaired) electrons. The Balaban J connectivity index is 2.44. The molecule has 2 heteroatoms. The summed E-state index contributed by atoms with van der Waals surface area (Å²) in [5, 5.41) is 0. The highest BCUT2D eigenvalue weighted by Crippen LogP contribution is 2.27. The van der Waals surface area contributed by atoms with Gasteiger partial charge in [0.25, 0.3) is 0 Å². The van der Waals surface area contributed by atoms with Crippen LogP contribution in [0.3, 0.4) is 0 Å². The third kappa shape index (κ3) is 2.23. The van der Waals surface area contributed by atoms with E-state index in [1.54, 1.807) is 4.57 Å². The molecule has 0 saturated carbocycles. The van der Waals surface area contributed by atoms with Crippen LogP contribution in [0.2, 0.25) is 0 Å². The van der Waals surface area contributed by atoms with Crippen molar-refractivity contribution >= 4 is 5.91 Å². The number of benzene rings is 1. The Bertz CT molecular complexity index is 537. The van der Waals surface area contributed by atoms with Gasteiger partial charge in [0.05, 0.1) is 5.69 Å². The van der Waals surface area contributed by atoms with Crippen molar-refractivity contribution in [1.29, 1.82) is 0 Å². The van der Waals surface area contributed by atoms with Gasteiger partial charge in [-0.15, -0.1) is 0 Å². The second-order valence-corrected chi connectivity index (χ2v) is 5.17. The lowest BCUT2D eigenvalue weighted by Gasteiger charge is -2.22. The van der Waals surface area contributed by atoms with E-state index in [2.05, 4.69) is 0 Å². The molecule has 0 aliphatic heterocycles. The Hall–Kier alpha value is -1.83. The Morgan fingerprint density at radius 2 is 1.78 bits per heavy atom. The lowest BCUT2D eigenvalue weighted by Crippen LogP contribution is -2.29. The normalized spacial score (nSPS) is 11.5. The fourth-order valence-electron chi connectivity index (χ4n) is 1.88. The van der Waals surface area contributed by atoms with Gasteiger partial charge in [0.2, 0.25) is 5.91 Å². The number of hydrogen-bond acceptors (Lipinski definition) is 1. The number of aromatic nitrogens is 1. The van der Waals surface area contributed by atoms with Crippen molar-refractivity contribution < 1.29 is 4.79 Å². The summed E-state index contributed by atoms with van der Waals surface area (Å²) in [6.45, 7) is 6.03. The standard InChI is InChI=1S/C16H19NO/c1-4-16(2,3)15(18)17-12-8-11-14(17)13-9-6-5-7-10-13/h5-12H,4H2,1-3H3. The summed E-state index contributed by atoms with van der Waals surface area (Å²) >= 11 is 0. The van der Waals surface area contributed by atoms with E-state index in [4.69, 9.17) is 0 Å². The van der Waals surface area contributed by atoms with Gasteiger partial charge in [0.1, 0.15) is 0 Å². The lowest BCUT2D eigenvalue weighted by molar-refractivity contribution is 0.0742. The van der Waals surface area contributed by atoms with Crippen LogP contribution >= 0.6 is 0 Å². The molecule has 0 saturated heterocycles. The number of hydrogen-bond donors (Lipinski definition) is 0. The first kappa shape index (κ1) is 12.6. The smallest absolute Gasteiger partial charge is 0.236 e. The molecule has 0 fully saturated rings. The molecule has 0 bridgehead atoms. The Labute approximate surface area is 108 Å². The van der Waals surface area contributed by atoms with Crippen LogP contribution in [0.4, 0.5) is 0 Å². The van der Waals surface area contributed by atoms with Crippen LogP contribution in [-0.2, 0) is 0 Å². The summed E-state index contributed by atoms with van der Waals surface area (Å²) < 4.78 is 1.76. The molecule has 1 aromatic carbocycles. The first-order valence-corrected chi connectivity index (χ1v) is 6.34. The molecule has 94 valence electrons. The SMILES string of the molecule is CCC(C)(C)C(=O)n1cccc1-c1ccccc1. The molecular weight excluding hydrogens is 222 g/mol. The predicted molar refractivity (Wildman–Crippen MR) is 74.6 cm³/mol. The van der Waals surface area contributed by atoms with Crippen LogP contribution < -0.4 is 0 Å². The predicted octanol–water partition coefficient (Wildman–Crippen LogP) is 4.23. The summed E-state index contributed by atoms with van der Waals surface area (Å²) in [4.78, 5) is 12.5. The molecule has 0 aliphatic rings. The van der Waals surface area contributed by atoms with Gasteiger partial charge in [-0.2, -0.15) is 0 Å². The average Bonchev–Trinajstić information content (AvgIpc) is 2.87. The van der Waals surface area contributed by atoms with Crippen molar-refractivity contribution in [2.75, 3.05) is 0 Å². The molecule has 0 unspecified atom stereocenters. The molecule has 0 aliphatic carbocycles. The molecule has 18 heavy (non-hydrogen) atoms. The summed E-state index contributed by atoms with van der Waals surface area (Å²) in [7, 11) is 0. The Morgan fingerprint density at radius 3 is 2.39 bits per heavy atom. The number of rotatable bonds is 3. The number of carbonyl (C=O) groups excluding carboxylic acids is 1. The zero-order valence-corrected chi connectivity index (χ0v) is 11.2. The fourth-order valence-corrected chi connectivity index (χ4v) is 1.88. The summed E-state index contributed by atoms with van der Waals surface area (Å²) in [6.07, 6.45) is 2.68. The van der Waals surface area contributed by atoms with Crippen molar-refractivity contribution in [2.45, 2.75) is 27.2 Å². The van der Waals surface area contributed by atoms with Crippen LogP contribution in [0.5, 0.6) is 0 Å². The van der Waals surface area contributed by atoms with E-state index < -0.39 is 0 Å². The van der Waals surface area contributed by atoms with Gasteiger partial charge in [-0.3, -0.25) is 9.36 Å². The minimum Gasteiger partial charge on any atom is -0.287 e. The van der Waals surface area contributed by atoms with Crippen molar-refractivity contribution in [2.24, 2.45) is 5.41 Å². The van der Waals surface area contributed by atoms with Crippen molar-refractivity contribution in [3.8, 4) is 11.3 Å². The van der Waals surface area contributed by atoms with Crippen LogP contribution in [-0.4, -0.2) is 10.5 Å². The molecule has 0 N–H and O–H groups in total. The van der Waals surface area contributed by atoms with Crippen molar-refractivity contribution in [3.05, 3.63) is 48.7 Å². The third-order valence-electron chi connectivity index (χ3n) is 3.50. The molecule has 0 atom stereocenters. The van der Waals surface area contributed by atoms with Crippen LogP contribution in [0.1, 0.15) is 32.0 Å². The molecule has 2 aromatic rings. The highest BCUT2D eigenvalue weighted by molar-refractivity contribution is 5.88. The van der Waals surface area contributed by atoms with Crippen molar-refractivity contribution in [3.63, 3.8) is 0 Å². The number of carbonyl (C=O) groups is 1. The van der Waals surface area contributed by atoms with Crippen LogP contribution in [0, 0.1) is 5.41 Å². The second kappa shape index (κ2) is 4.81. The summed E-state index contributed by atoms with van der Waals surface area (Å²) in [5.74, 6) is 0.147. The first-order valence-electron chi connectivity index (χ1n) is 6.34. The molecule has 1 heterocycles. The first-order chi connectivity index (χ1) is 8.56. The minimum absolute atomic E-state index is 0.147. The molecule has 2 nitrogen and oxygen atoms in total. The van der Waals surface area contributed by atoms with Gasteiger partial charge >= 0.3 is 0 Å². The molecule has 1 aromatic heterocycles. The zero-order chi connectivity index (χ0) is 13.2. The van der Waals surface area contributed by atoms with Gasteiger partial charge in [-0.25, -0.2) is 0 Å². The maximum Gasteiger partial charge on any atom is 0.236 e. The highest BCUT2D eigenvalue weighted by atomic mass is 16.2. The van der Waals surface area contributed by atoms with E-state index in [1.165, 1.54) is 0 Å². The Kier molecular flexibility index (Phi) is 3.37. The quantitative estimate of drug-likeness (QED) is 0.788. The topological polar surface area (TPSA) is 22.0 Å². The van der Waals surface area contributed by atoms with Crippen LogP contribution in [0.25, 0.3) is 11.3 Å². The maximum absolute atomic E-state index is 12.5. The van der Waals surface area contributed by atoms with Gasteiger partial charge in [0, 0.05) is 11.6 Å². The molecule has 0 amide bonds. The summed E-state index contributed by atoms with van der Waals surface area (Å²) in [6, 6.07) is 13.9. The van der Waals surface area contributed by atoms with Gasteiger partial charge in [0.15, 0.2) is 0 Å². The number of nitrogens with zero attached hydrogens (tertiary/aromatic N) is 1. The van der Waals surface area contributed by atoms with E-state index in [0.29, 0.717) is 0 Å². The average molecular weight is 241 g/mol. The lowest BCUT2D eigenvalue weighted by atomic mass is 9.89. The van der Waals surface area contributed by atoms with Gasteiger partial charge in [-0.1, -0.05) is 51.1 Å². The van der Waals surface area contributed by atoms with Gasteiger partial charge in [-0.05, 0) is 24.1 Å². The second-order valence-electron chi connectivity index (χ2n) is 5.17. The van der Waals surface area contributed by atoms with Crippen LogP contribution in [0.15, 0.2) is 48.7 Å². The highest BCUT2D eigenvalue weighted by Gasteiger charge is 2.27. The largest absolute Gasteiger partial charge is 0.287 e. The maximum atomic E-state index is 12.5. The molecule has 2 rings (SSSR count). The Morgan fingerprint density at radius 1 is 1.11 bits per heavy atom. The van der Waals surface area contributed by atoms with E-state index in [-0.39, 0.29) is 11.3 Å². The third-order valence-corrected chi connectivity index (χ3v) is 3.50. The fraction of sp³-hybridized carbons (Fsp3) is 0.312. The van der Waals surface area contributed by atoms with E-state index in [0.717, 1.165) is 17.7 Å². The van der Waals surface area contributed by atoms with Crippen molar-refractivity contribution in [1.82, 2.24) is 4.57 Å². The minimum atomic E-state index is -0.331. The molecule has 0 spiro atoms. The van der Waals surface area contributed by atoms with Gasteiger partial charge < -0.3 is 0 Å².